The van der Waals surface area contributed by atoms with Crippen molar-refractivity contribution < 1.29 is 4.39 Å². The summed E-state index contributed by atoms with van der Waals surface area (Å²) < 4.78 is 17.8. The van der Waals surface area contributed by atoms with E-state index in [1.165, 1.54) is 12.1 Å². The summed E-state index contributed by atoms with van der Waals surface area (Å²) in [6.45, 7) is 0.777. The van der Waals surface area contributed by atoms with Gasteiger partial charge < -0.3 is 11.1 Å². The first-order chi connectivity index (χ1) is 16.4. The minimum atomic E-state index is -0.566. The van der Waals surface area contributed by atoms with E-state index in [1.807, 2.05) is 30.3 Å². The Morgan fingerprint density at radius 2 is 2.06 bits per heavy atom. The maximum Gasteiger partial charge on any atom is 0.149 e. The number of rotatable bonds is 5. The van der Waals surface area contributed by atoms with E-state index in [4.69, 9.17) is 27.7 Å². The van der Waals surface area contributed by atoms with Gasteiger partial charge in [0.2, 0.25) is 0 Å². The first kappa shape index (κ1) is 22.4. The summed E-state index contributed by atoms with van der Waals surface area (Å²) in [7, 11) is 1.79. The maximum absolute atomic E-state index is 14.5. The summed E-state index contributed by atoms with van der Waals surface area (Å²) in [6, 6.07) is 14.3. The van der Waals surface area contributed by atoms with Crippen molar-refractivity contribution in [2.75, 3.05) is 11.9 Å². The predicted octanol–water partition coefficient (Wildman–Crippen LogP) is 5.02. The zero-order chi connectivity index (χ0) is 23.8. The van der Waals surface area contributed by atoms with Gasteiger partial charge >= 0.3 is 0 Å². The highest BCUT2D eigenvalue weighted by molar-refractivity contribution is 6.34. The van der Waals surface area contributed by atoms with Crippen molar-refractivity contribution in [3.05, 3.63) is 59.0 Å². The molecule has 34 heavy (non-hydrogen) atoms. The first-order valence-corrected chi connectivity index (χ1v) is 11.7. The van der Waals surface area contributed by atoms with Crippen LogP contribution in [0.25, 0.3) is 27.8 Å². The van der Waals surface area contributed by atoms with Crippen LogP contribution >= 0.6 is 11.6 Å². The monoisotopic (exact) mass is 477 g/mol. The molecule has 0 amide bonds. The lowest BCUT2D eigenvalue weighted by molar-refractivity contribution is 0.335. The molecule has 0 spiro atoms. The van der Waals surface area contributed by atoms with Crippen LogP contribution in [-0.4, -0.2) is 32.1 Å². The Bertz CT molecular complexity index is 1400. The van der Waals surface area contributed by atoms with Crippen LogP contribution in [0, 0.1) is 23.1 Å². The average Bonchev–Trinajstić information content (AvgIpc) is 3.38. The van der Waals surface area contributed by atoms with Gasteiger partial charge in [-0.1, -0.05) is 24.1 Å². The number of fused-ring (bicyclic) bond motifs is 1. The molecule has 1 saturated carbocycles. The van der Waals surface area contributed by atoms with Crippen molar-refractivity contribution in [1.29, 1.82) is 5.26 Å². The third kappa shape index (κ3) is 4.25. The third-order valence-corrected chi connectivity index (χ3v) is 6.93. The molecule has 4 aromatic rings. The van der Waals surface area contributed by atoms with Crippen molar-refractivity contribution in [1.82, 2.24) is 19.6 Å². The van der Waals surface area contributed by atoms with Crippen LogP contribution in [0.3, 0.4) is 0 Å². The number of aryl methyl sites for hydroxylation is 1. The van der Waals surface area contributed by atoms with Crippen LogP contribution in [-0.2, 0) is 7.05 Å². The Morgan fingerprint density at radius 3 is 2.82 bits per heavy atom. The summed E-state index contributed by atoms with van der Waals surface area (Å²) in [5.41, 5.74) is 9.02. The fraction of sp³-hybridized carbons (Fsp3) is 0.320. The quantitative estimate of drug-likeness (QED) is 0.420. The van der Waals surface area contributed by atoms with E-state index in [9.17, 15) is 4.39 Å². The van der Waals surface area contributed by atoms with E-state index < -0.39 is 5.82 Å². The Hall–Kier alpha value is -3.41. The number of nitrogens with zero attached hydrogens (tertiary/aromatic N) is 5. The van der Waals surface area contributed by atoms with Crippen molar-refractivity contribution in [2.24, 2.45) is 18.7 Å². The minimum absolute atomic E-state index is 0.00497. The molecule has 2 atom stereocenters. The number of nitrogens with one attached hydrogen (secondary N) is 1. The van der Waals surface area contributed by atoms with Gasteiger partial charge in [-0.3, -0.25) is 4.68 Å². The lowest BCUT2D eigenvalue weighted by atomic mass is 9.86. The van der Waals surface area contributed by atoms with E-state index in [0.717, 1.165) is 48.8 Å². The molecule has 0 unspecified atom stereocenters. The first-order valence-electron chi connectivity index (χ1n) is 11.3. The molecule has 2 aromatic carbocycles. The van der Waals surface area contributed by atoms with Crippen LogP contribution < -0.4 is 11.1 Å². The Balaban J connectivity index is 1.54. The van der Waals surface area contributed by atoms with Crippen LogP contribution in [0.1, 0.15) is 31.2 Å². The van der Waals surface area contributed by atoms with Crippen molar-refractivity contribution in [3.8, 4) is 23.0 Å². The predicted molar refractivity (Wildman–Crippen MR) is 131 cm³/mol. The highest BCUT2D eigenvalue weighted by Gasteiger charge is 2.20. The second kappa shape index (κ2) is 9.09. The fourth-order valence-corrected chi connectivity index (χ4v) is 4.88. The van der Waals surface area contributed by atoms with Crippen LogP contribution in [0.15, 0.2) is 42.5 Å². The number of benzene rings is 2. The van der Waals surface area contributed by atoms with Gasteiger partial charge in [0.05, 0.1) is 22.5 Å². The number of aromatic nitrogens is 4. The highest BCUT2D eigenvalue weighted by atomic mass is 35.5. The van der Waals surface area contributed by atoms with E-state index in [2.05, 4.69) is 10.4 Å². The van der Waals surface area contributed by atoms with Gasteiger partial charge in [0.15, 0.2) is 0 Å². The highest BCUT2D eigenvalue weighted by Crippen LogP contribution is 2.31. The Kier molecular flexibility index (Phi) is 5.98. The van der Waals surface area contributed by atoms with Gasteiger partial charge in [0, 0.05) is 36.7 Å². The van der Waals surface area contributed by atoms with E-state index in [0.29, 0.717) is 28.1 Å². The minimum Gasteiger partial charge on any atom is -0.368 e. The summed E-state index contributed by atoms with van der Waals surface area (Å²) >= 11 is 6.43. The molecular formula is C25H25ClFN7. The van der Waals surface area contributed by atoms with Crippen LogP contribution in [0.2, 0.25) is 5.15 Å². The van der Waals surface area contributed by atoms with Gasteiger partial charge in [0.1, 0.15) is 22.9 Å². The average molecular weight is 478 g/mol. The Morgan fingerprint density at radius 1 is 1.21 bits per heavy atom. The summed E-state index contributed by atoms with van der Waals surface area (Å²) in [6.07, 6.45) is 4.37. The number of anilines is 1. The number of nitriles is 1. The number of hydrogen-bond acceptors (Lipinski definition) is 5. The van der Waals surface area contributed by atoms with Gasteiger partial charge in [-0.05, 0) is 55.5 Å². The van der Waals surface area contributed by atoms with Crippen molar-refractivity contribution >= 4 is 28.3 Å². The van der Waals surface area contributed by atoms with Gasteiger partial charge in [-0.2, -0.15) is 10.4 Å². The molecule has 0 saturated heterocycles. The second-order valence-electron chi connectivity index (χ2n) is 8.92. The zero-order valence-corrected chi connectivity index (χ0v) is 19.6. The second-order valence-corrected chi connectivity index (χ2v) is 9.28. The molecule has 1 aliphatic rings. The zero-order valence-electron chi connectivity index (χ0n) is 18.8. The van der Waals surface area contributed by atoms with Crippen LogP contribution in [0.4, 0.5) is 10.2 Å². The Labute approximate surface area is 201 Å². The molecule has 2 aromatic heterocycles. The smallest absolute Gasteiger partial charge is 0.149 e. The summed E-state index contributed by atoms with van der Waals surface area (Å²) in [5, 5.41) is 23.1. The molecule has 5 rings (SSSR count). The van der Waals surface area contributed by atoms with Crippen molar-refractivity contribution in [2.45, 2.75) is 31.7 Å². The van der Waals surface area contributed by atoms with E-state index in [1.54, 1.807) is 22.5 Å². The lowest BCUT2D eigenvalue weighted by Crippen LogP contribution is -2.31. The topological polar surface area (TPSA) is 97.5 Å². The molecule has 0 aliphatic heterocycles. The molecule has 1 aliphatic carbocycles. The standard InChI is InChI=1S/C25H25ClFN7/c1-33-25(26)20-11-19(7-8-22(20)31-33)34-23(16-5-6-17(13-28)21(27)10-16)12-24(32-34)30-14-15-3-2-4-18(29)9-15/h5-8,10-12,15,18H,2-4,9,14,29H2,1H3,(H,30,32)/t15-,18-/m0/s1. The number of hydrogen-bond donors (Lipinski definition) is 2. The molecule has 2 heterocycles. The molecule has 0 bridgehead atoms. The van der Waals surface area contributed by atoms with E-state index in [-0.39, 0.29) is 11.6 Å². The maximum atomic E-state index is 14.5. The molecule has 0 radical (unpaired) electrons. The number of nitrogens with two attached hydrogens (primary N) is 1. The van der Waals surface area contributed by atoms with Gasteiger partial charge in [0.25, 0.3) is 0 Å². The fourth-order valence-electron chi connectivity index (χ4n) is 4.69. The SMILES string of the molecule is Cn1nc2ccc(-n3nc(NC[C@H]4CCC[C@H](N)C4)cc3-c3ccc(C#N)c(F)c3)cc2c1Cl. The lowest BCUT2D eigenvalue weighted by Gasteiger charge is -2.26. The molecule has 174 valence electrons. The third-order valence-electron chi connectivity index (χ3n) is 6.48. The molecule has 9 heteroatoms. The summed E-state index contributed by atoms with van der Waals surface area (Å²) in [5.74, 6) is 0.621. The molecule has 3 N–H and O–H groups in total. The molecular weight excluding hydrogens is 453 g/mol. The summed E-state index contributed by atoms with van der Waals surface area (Å²) in [4.78, 5) is 0. The van der Waals surface area contributed by atoms with Gasteiger partial charge in [-0.15, -0.1) is 5.10 Å². The largest absolute Gasteiger partial charge is 0.368 e. The van der Waals surface area contributed by atoms with Gasteiger partial charge in [-0.25, -0.2) is 9.07 Å². The molecule has 7 nitrogen and oxygen atoms in total. The van der Waals surface area contributed by atoms with E-state index >= 15 is 0 Å². The number of halogens is 2. The normalized spacial score (nSPS) is 18.2. The van der Waals surface area contributed by atoms with Crippen molar-refractivity contribution in [3.63, 3.8) is 0 Å². The van der Waals surface area contributed by atoms with Crippen LogP contribution in [0.5, 0.6) is 0 Å². The molecule has 1 fully saturated rings.